The lowest BCUT2D eigenvalue weighted by Crippen LogP contribution is -3.15. The molecule has 7 heteroatoms. The van der Waals surface area contributed by atoms with Crippen LogP contribution >= 0.6 is 11.6 Å². The number of methoxy groups -OCH3 is 1. The minimum Gasteiger partial charge on any atom is -0.497 e. The monoisotopic (exact) mass is 390 g/mol. The summed E-state index contributed by atoms with van der Waals surface area (Å²) >= 11 is 5.83. The van der Waals surface area contributed by atoms with Crippen molar-refractivity contribution in [1.82, 2.24) is 5.32 Å². The average Bonchev–Trinajstić information content (AvgIpc) is 2.67. The van der Waals surface area contributed by atoms with Crippen molar-refractivity contribution in [2.75, 3.05) is 26.0 Å². The number of ether oxygens (including phenoxy) is 1. The number of amides is 2. The van der Waals surface area contributed by atoms with E-state index in [-0.39, 0.29) is 24.4 Å². The van der Waals surface area contributed by atoms with Crippen LogP contribution in [0.5, 0.6) is 5.75 Å². The highest BCUT2D eigenvalue weighted by Crippen LogP contribution is 2.13. The first-order valence-corrected chi connectivity index (χ1v) is 9.05. The maximum absolute atomic E-state index is 12.4. The van der Waals surface area contributed by atoms with Crippen molar-refractivity contribution >= 4 is 29.1 Å². The van der Waals surface area contributed by atoms with E-state index in [9.17, 15) is 9.59 Å². The molecule has 144 valence electrons. The fraction of sp³-hybridized carbons (Fsp3) is 0.300. The van der Waals surface area contributed by atoms with Crippen molar-refractivity contribution in [2.45, 2.75) is 19.5 Å². The summed E-state index contributed by atoms with van der Waals surface area (Å²) in [5.41, 5.74) is 1.66. The summed E-state index contributed by atoms with van der Waals surface area (Å²) in [5, 5.41) is 6.31. The van der Waals surface area contributed by atoms with E-state index < -0.39 is 0 Å². The van der Waals surface area contributed by atoms with Gasteiger partial charge in [-0.05, 0) is 48.9 Å². The Morgan fingerprint density at radius 1 is 1.11 bits per heavy atom. The molecule has 0 aliphatic heterocycles. The van der Waals surface area contributed by atoms with Crippen LogP contribution in [0.4, 0.5) is 5.69 Å². The summed E-state index contributed by atoms with van der Waals surface area (Å²) in [5.74, 6) is 0.501. The molecule has 2 amide bonds. The number of anilines is 1. The molecular weight excluding hydrogens is 366 g/mol. The summed E-state index contributed by atoms with van der Waals surface area (Å²) in [6, 6.07) is 14.0. The van der Waals surface area contributed by atoms with Crippen LogP contribution in [0.3, 0.4) is 0 Å². The molecule has 2 atom stereocenters. The van der Waals surface area contributed by atoms with Crippen molar-refractivity contribution < 1.29 is 19.2 Å². The van der Waals surface area contributed by atoms with Gasteiger partial charge in [0, 0.05) is 17.3 Å². The molecule has 0 spiro atoms. The van der Waals surface area contributed by atoms with E-state index in [0.29, 0.717) is 17.3 Å². The number of nitrogens with one attached hydrogen (secondary N) is 3. The molecule has 1 unspecified atom stereocenters. The van der Waals surface area contributed by atoms with Crippen LogP contribution in [0.15, 0.2) is 48.5 Å². The third-order valence-corrected chi connectivity index (χ3v) is 4.58. The second-order valence-corrected chi connectivity index (χ2v) is 6.80. The van der Waals surface area contributed by atoms with Gasteiger partial charge in [-0.2, -0.15) is 0 Å². The Labute approximate surface area is 164 Å². The molecule has 0 fully saturated rings. The highest BCUT2D eigenvalue weighted by Gasteiger charge is 2.23. The van der Waals surface area contributed by atoms with Crippen molar-refractivity contribution in [2.24, 2.45) is 0 Å². The smallest absolute Gasteiger partial charge is 0.279 e. The number of carbonyl (C=O) groups excluding carboxylic acids is 2. The van der Waals surface area contributed by atoms with Crippen molar-refractivity contribution in [3.63, 3.8) is 0 Å². The van der Waals surface area contributed by atoms with E-state index in [1.54, 1.807) is 38.3 Å². The molecule has 2 rings (SSSR count). The molecule has 0 saturated carbocycles. The van der Waals surface area contributed by atoms with E-state index >= 15 is 0 Å². The van der Waals surface area contributed by atoms with Gasteiger partial charge in [0.2, 0.25) is 0 Å². The average molecular weight is 391 g/mol. The summed E-state index contributed by atoms with van der Waals surface area (Å²) in [7, 11) is 3.43. The molecule has 0 aliphatic rings. The Balaban J connectivity index is 1.80. The molecule has 2 aromatic rings. The van der Waals surface area contributed by atoms with Gasteiger partial charge in [-0.15, -0.1) is 0 Å². The predicted molar refractivity (Wildman–Crippen MR) is 106 cm³/mol. The highest BCUT2D eigenvalue weighted by molar-refractivity contribution is 6.30. The first kappa shape index (κ1) is 20.7. The minimum absolute atomic E-state index is 0.109. The SMILES string of the molecule is COc1ccc(CNC(=O)[C@H](C)[NH+](C)CC(=O)Nc2ccc(Cl)cc2)cc1. The van der Waals surface area contributed by atoms with Crippen LogP contribution in [0.2, 0.25) is 5.02 Å². The summed E-state index contributed by atoms with van der Waals surface area (Å²) in [6.07, 6.45) is 0. The Morgan fingerprint density at radius 3 is 2.33 bits per heavy atom. The van der Waals surface area contributed by atoms with E-state index in [2.05, 4.69) is 10.6 Å². The second kappa shape index (κ2) is 9.94. The molecule has 0 aromatic heterocycles. The number of hydrogen-bond donors (Lipinski definition) is 3. The number of hydrogen-bond acceptors (Lipinski definition) is 3. The van der Waals surface area contributed by atoms with Gasteiger partial charge < -0.3 is 20.3 Å². The molecule has 0 saturated heterocycles. The van der Waals surface area contributed by atoms with Crippen LogP contribution < -0.4 is 20.3 Å². The minimum atomic E-state index is -0.362. The fourth-order valence-electron chi connectivity index (χ4n) is 2.45. The van der Waals surface area contributed by atoms with Crippen molar-refractivity contribution in [3.05, 3.63) is 59.1 Å². The van der Waals surface area contributed by atoms with Gasteiger partial charge in [0.1, 0.15) is 5.75 Å². The molecule has 0 bridgehead atoms. The number of likely N-dealkylation sites (N-methyl/N-ethyl adjacent to an activating group) is 1. The lowest BCUT2D eigenvalue weighted by atomic mass is 10.2. The topological polar surface area (TPSA) is 71.9 Å². The molecule has 2 aromatic carbocycles. The Kier molecular flexibility index (Phi) is 7.64. The zero-order valence-electron chi connectivity index (χ0n) is 15.7. The first-order chi connectivity index (χ1) is 12.9. The van der Waals surface area contributed by atoms with E-state index in [1.807, 2.05) is 31.3 Å². The molecule has 27 heavy (non-hydrogen) atoms. The number of benzene rings is 2. The Morgan fingerprint density at radius 2 is 1.74 bits per heavy atom. The summed E-state index contributed by atoms with van der Waals surface area (Å²) < 4.78 is 5.11. The zero-order chi connectivity index (χ0) is 19.8. The lowest BCUT2D eigenvalue weighted by Gasteiger charge is -2.20. The molecule has 0 heterocycles. The van der Waals surface area contributed by atoms with Crippen molar-refractivity contribution in [1.29, 1.82) is 0 Å². The van der Waals surface area contributed by atoms with Crippen molar-refractivity contribution in [3.8, 4) is 5.75 Å². The summed E-state index contributed by atoms with van der Waals surface area (Å²) in [4.78, 5) is 25.3. The fourth-order valence-corrected chi connectivity index (χ4v) is 2.58. The van der Waals surface area contributed by atoms with Crippen LogP contribution in [-0.2, 0) is 16.1 Å². The van der Waals surface area contributed by atoms with Gasteiger partial charge >= 0.3 is 0 Å². The zero-order valence-corrected chi connectivity index (χ0v) is 16.5. The van der Waals surface area contributed by atoms with Crippen LogP contribution in [0.1, 0.15) is 12.5 Å². The van der Waals surface area contributed by atoms with E-state index in [4.69, 9.17) is 16.3 Å². The number of quaternary nitrogens is 1. The molecule has 0 aliphatic carbocycles. The van der Waals surface area contributed by atoms with Crippen LogP contribution in [-0.4, -0.2) is 38.6 Å². The van der Waals surface area contributed by atoms with Gasteiger partial charge in [0.15, 0.2) is 12.6 Å². The second-order valence-electron chi connectivity index (χ2n) is 6.37. The van der Waals surface area contributed by atoms with Gasteiger partial charge in [-0.1, -0.05) is 23.7 Å². The summed E-state index contributed by atoms with van der Waals surface area (Å²) in [6.45, 7) is 2.41. The number of rotatable bonds is 8. The quantitative estimate of drug-likeness (QED) is 0.639. The van der Waals surface area contributed by atoms with Gasteiger partial charge in [0.05, 0.1) is 14.2 Å². The van der Waals surface area contributed by atoms with Gasteiger partial charge in [0.25, 0.3) is 11.8 Å². The van der Waals surface area contributed by atoms with Gasteiger partial charge in [-0.3, -0.25) is 9.59 Å². The highest BCUT2D eigenvalue weighted by atomic mass is 35.5. The number of halogens is 1. The van der Waals surface area contributed by atoms with Crippen LogP contribution in [0, 0.1) is 0 Å². The van der Waals surface area contributed by atoms with Gasteiger partial charge in [-0.25, -0.2) is 0 Å². The Hall–Kier alpha value is -2.57. The molecule has 0 radical (unpaired) electrons. The molecular formula is C20H25ClN3O3+. The molecule has 6 nitrogen and oxygen atoms in total. The lowest BCUT2D eigenvalue weighted by molar-refractivity contribution is -0.885. The third kappa shape index (κ3) is 6.58. The van der Waals surface area contributed by atoms with E-state index in [0.717, 1.165) is 16.2 Å². The first-order valence-electron chi connectivity index (χ1n) is 8.67. The van der Waals surface area contributed by atoms with E-state index in [1.165, 1.54) is 0 Å². The molecule has 3 N–H and O–H groups in total. The number of carbonyl (C=O) groups is 2. The maximum atomic E-state index is 12.4. The third-order valence-electron chi connectivity index (χ3n) is 4.33. The largest absolute Gasteiger partial charge is 0.497 e. The maximum Gasteiger partial charge on any atom is 0.279 e. The van der Waals surface area contributed by atoms with Crippen LogP contribution in [0.25, 0.3) is 0 Å². The standard InChI is InChI=1S/C20H24ClN3O3/c1-14(20(26)22-12-15-4-10-18(27-3)11-5-15)24(2)13-19(25)23-17-8-6-16(21)7-9-17/h4-11,14H,12-13H2,1-3H3,(H,22,26)(H,23,25)/p+1/t14-/m0/s1. The predicted octanol–water partition coefficient (Wildman–Crippen LogP) is 1.51. The Bertz CT molecular complexity index is 763. The normalized spacial score (nSPS) is 12.7.